The number of nitrogens with two attached hydrogens (primary N) is 1. The number of hydrogen-bond acceptors (Lipinski definition) is 3. The molecule has 0 bridgehead atoms. The number of aromatic nitrogens is 3. The van der Waals surface area contributed by atoms with Crippen LogP contribution in [0.1, 0.15) is 0 Å². The molecular weight excluding hydrogens is 291 g/mol. The van der Waals surface area contributed by atoms with Crippen molar-refractivity contribution in [3.8, 4) is 22.5 Å². The standard InChI is InChI=1S/C15H12ClFN4/c1-21-15(18)13(10-6-5-9(17)8-11(10)16)14(20-21)12-4-2-3-7-19-12/h2-8H,18H2,1H3. The number of hydrogen-bond donors (Lipinski definition) is 1. The molecule has 0 saturated carbocycles. The molecule has 106 valence electrons. The average Bonchev–Trinajstić information content (AvgIpc) is 2.76. The highest BCUT2D eigenvalue weighted by Gasteiger charge is 2.20. The molecule has 0 aliphatic rings. The van der Waals surface area contributed by atoms with E-state index < -0.39 is 5.82 Å². The van der Waals surface area contributed by atoms with Crippen molar-refractivity contribution < 1.29 is 4.39 Å². The lowest BCUT2D eigenvalue weighted by Crippen LogP contribution is -1.98. The molecule has 21 heavy (non-hydrogen) atoms. The van der Waals surface area contributed by atoms with Crippen LogP contribution in [-0.4, -0.2) is 14.8 Å². The lowest BCUT2D eigenvalue weighted by molar-refractivity contribution is 0.628. The molecular formula is C15H12ClFN4. The summed E-state index contributed by atoms with van der Waals surface area (Å²) in [4.78, 5) is 4.29. The second-order valence-corrected chi connectivity index (χ2v) is 4.98. The summed E-state index contributed by atoms with van der Waals surface area (Å²) < 4.78 is 14.8. The fourth-order valence-corrected chi connectivity index (χ4v) is 2.44. The predicted octanol–water partition coefficient (Wildman–Crippen LogP) is 3.52. The maximum Gasteiger partial charge on any atom is 0.130 e. The van der Waals surface area contributed by atoms with Gasteiger partial charge in [0.2, 0.25) is 0 Å². The summed E-state index contributed by atoms with van der Waals surface area (Å²) in [7, 11) is 1.74. The highest BCUT2D eigenvalue weighted by Crippen LogP contribution is 2.38. The first-order valence-corrected chi connectivity index (χ1v) is 6.65. The first kappa shape index (κ1) is 13.6. The quantitative estimate of drug-likeness (QED) is 0.788. The summed E-state index contributed by atoms with van der Waals surface area (Å²) in [5, 5.41) is 4.68. The Bertz CT molecular complexity index is 799. The Morgan fingerprint density at radius 3 is 2.71 bits per heavy atom. The van der Waals surface area contributed by atoms with Gasteiger partial charge in [0.05, 0.1) is 16.3 Å². The van der Waals surface area contributed by atoms with E-state index in [1.165, 1.54) is 12.1 Å². The Labute approximate surface area is 126 Å². The maximum atomic E-state index is 13.2. The summed E-state index contributed by atoms with van der Waals surface area (Å²) in [6, 6.07) is 9.71. The molecule has 0 amide bonds. The van der Waals surface area contributed by atoms with Crippen molar-refractivity contribution in [1.82, 2.24) is 14.8 Å². The second-order valence-electron chi connectivity index (χ2n) is 4.57. The summed E-state index contributed by atoms with van der Waals surface area (Å²) in [5.74, 6) is 0.0507. The van der Waals surface area contributed by atoms with Crippen molar-refractivity contribution in [2.75, 3.05) is 5.73 Å². The molecule has 2 aromatic heterocycles. The van der Waals surface area contributed by atoms with E-state index in [0.717, 1.165) is 0 Å². The Morgan fingerprint density at radius 1 is 1.24 bits per heavy atom. The molecule has 0 atom stereocenters. The van der Waals surface area contributed by atoms with Crippen LogP contribution in [0.2, 0.25) is 5.02 Å². The van der Waals surface area contributed by atoms with Crippen LogP contribution in [-0.2, 0) is 7.05 Å². The molecule has 2 N–H and O–H groups in total. The molecule has 0 aliphatic heterocycles. The van der Waals surface area contributed by atoms with Crippen LogP contribution in [0, 0.1) is 5.82 Å². The molecule has 6 heteroatoms. The van der Waals surface area contributed by atoms with Crippen LogP contribution in [0.3, 0.4) is 0 Å². The molecule has 0 fully saturated rings. The predicted molar refractivity (Wildman–Crippen MR) is 81.3 cm³/mol. The number of anilines is 1. The molecule has 2 heterocycles. The number of rotatable bonds is 2. The summed E-state index contributed by atoms with van der Waals surface area (Å²) in [6.07, 6.45) is 1.68. The van der Waals surface area contributed by atoms with Gasteiger partial charge < -0.3 is 5.73 Å². The van der Waals surface area contributed by atoms with Crippen molar-refractivity contribution in [2.24, 2.45) is 7.05 Å². The number of pyridine rings is 1. The van der Waals surface area contributed by atoms with Crippen LogP contribution in [0.4, 0.5) is 10.2 Å². The monoisotopic (exact) mass is 302 g/mol. The van der Waals surface area contributed by atoms with Crippen LogP contribution < -0.4 is 5.73 Å². The van der Waals surface area contributed by atoms with E-state index in [9.17, 15) is 4.39 Å². The minimum absolute atomic E-state index is 0.284. The molecule has 0 spiro atoms. The average molecular weight is 303 g/mol. The van der Waals surface area contributed by atoms with E-state index in [1.54, 1.807) is 24.0 Å². The van der Waals surface area contributed by atoms with Crippen LogP contribution in [0.25, 0.3) is 22.5 Å². The van der Waals surface area contributed by atoms with Gasteiger partial charge in [0.15, 0.2) is 0 Å². The lowest BCUT2D eigenvalue weighted by atomic mass is 10.0. The van der Waals surface area contributed by atoms with Crippen LogP contribution >= 0.6 is 11.6 Å². The molecule has 3 rings (SSSR count). The summed E-state index contributed by atoms with van der Waals surface area (Å²) in [5.41, 5.74) is 8.68. The van der Waals surface area contributed by atoms with Crippen LogP contribution in [0.15, 0.2) is 42.6 Å². The zero-order valence-corrected chi connectivity index (χ0v) is 12.0. The molecule has 1 aromatic carbocycles. The third kappa shape index (κ3) is 2.36. The lowest BCUT2D eigenvalue weighted by Gasteiger charge is -2.06. The molecule has 3 aromatic rings. The van der Waals surface area contributed by atoms with Crippen molar-refractivity contribution in [3.05, 3.63) is 53.4 Å². The van der Waals surface area contributed by atoms with Gasteiger partial charge in [-0.1, -0.05) is 17.7 Å². The van der Waals surface area contributed by atoms with Gasteiger partial charge in [0, 0.05) is 18.8 Å². The van der Waals surface area contributed by atoms with Crippen molar-refractivity contribution in [1.29, 1.82) is 0 Å². The highest BCUT2D eigenvalue weighted by atomic mass is 35.5. The first-order chi connectivity index (χ1) is 10.1. The van der Waals surface area contributed by atoms with Gasteiger partial charge in [-0.25, -0.2) is 4.39 Å². The Morgan fingerprint density at radius 2 is 2.05 bits per heavy atom. The number of halogens is 2. The van der Waals surface area contributed by atoms with Gasteiger partial charge in [-0.05, 0) is 30.3 Å². The van der Waals surface area contributed by atoms with Gasteiger partial charge in [0.1, 0.15) is 17.3 Å². The Balaban J connectivity index is 2.27. The van der Waals surface area contributed by atoms with E-state index >= 15 is 0 Å². The fraction of sp³-hybridized carbons (Fsp3) is 0.0667. The zero-order chi connectivity index (χ0) is 15.0. The molecule has 0 unspecified atom stereocenters. The molecule has 0 saturated heterocycles. The zero-order valence-electron chi connectivity index (χ0n) is 11.2. The molecule has 4 nitrogen and oxygen atoms in total. The topological polar surface area (TPSA) is 56.7 Å². The minimum atomic E-state index is -0.398. The fourth-order valence-electron chi connectivity index (χ4n) is 2.18. The van der Waals surface area contributed by atoms with Crippen molar-refractivity contribution in [3.63, 3.8) is 0 Å². The number of nitrogen functional groups attached to an aromatic ring is 1. The van der Waals surface area contributed by atoms with E-state index in [2.05, 4.69) is 10.1 Å². The number of nitrogens with zero attached hydrogens (tertiary/aromatic N) is 3. The van der Waals surface area contributed by atoms with E-state index in [-0.39, 0.29) is 5.02 Å². The number of aryl methyl sites for hydroxylation is 1. The van der Waals surface area contributed by atoms with Crippen molar-refractivity contribution >= 4 is 17.4 Å². The SMILES string of the molecule is Cn1nc(-c2ccccn2)c(-c2ccc(F)cc2Cl)c1N. The van der Waals surface area contributed by atoms with E-state index in [1.807, 2.05) is 18.2 Å². The van der Waals surface area contributed by atoms with E-state index in [0.29, 0.717) is 28.3 Å². The second kappa shape index (κ2) is 5.18. The Kier molecular flexibility index (Phi) is 3.35. The summed E-state index contributed by atoms with van der Waals surface area (Å²) >= 11 is 6.15. The summed E-state index contributed by atoms with van der Waals surface area (Å²) in [6.45, 7) is 0. The number of benzene rings is 1. The van der Waals surface area contributed by atoms with Gasteiger partial charge in [-0.2, -0.15) is 5.10 Å². The normalized spacial score (nSPS) is 10.8. The Hall–Kier alpha value is -2.40. The van der Waals surface area contributed by atoms with Gasteiger partial charge in [-0.3, -0.25) is 9.67 Å². The molecule has 0 aliphatic carbocycles. The third-order valence-corrected chi connectivity index (χ3v) is 3.51. The van der Waals surface area contributed by atoms with Gasteiger partial charge in [-0.15, -0.1) is 0 Å². The van der Waals surface area contributed by atoms with Gasteiger partial charge in [0.25, 0.3) is 0 Å². The smallest absolute Gasteiger partial charge is 0.130 e. The van der Waals surface area contributed by atoms with Crippen molar-refractivity contribution in [2.45, 2.75) is 0 Å². The molecule has 0 radical (unpaired) electrons. The maximum absolute atomic E-state index is 13.2. The van der Waals surface area contributed by atoms with Crippen LogP contribution in [0.5, 0.6) is 0 Å². The largest absolute Gasteiger partial charge is 0.383 e. The minimum Gasteiger partial charge on any atom is -0.383 e. The van der Waals surface area contributed by atoms with E-state index in [4.69, 9.17) is 17.3 Å². The van der Waals surface area contributed by atoms with Gasteiger partial charge >= 0.3 is 0 Å². The third-order valence-electron chi connectivity index (χ3n) is 3.20. The first-order valence-electron chi connectivity index (χ1n) is 6.27. The highest BCUT2D eigenvalue weighted by molar-refractivity contribution is 6.33.